The highest BCUT2D eigenvalue weighted by molar-refractivity contribution is 6.33. The van der Waals surface area contributed by atoms with Crippen molar-refractivity contribution in [3.05, 3.63) is 65.1 Å². The maximum absolute atomic E-state index is 6.56. The lowest BCUT2D eigenvalue weighted by Crippen LogP contribution is -2.02. The van der Waals surface area contributed by atoms with E-state index in [9.17, 15) is 0 Å². The van der Waals surface area contributed by atoms with Crippen LogP contribution in [0.15, 0.2) is 48.8 Å². The highest BCUT2D eigenvalue weighted by Gasteiger charge is 2.15. The van der Waals surface area contributed by atoms with Crippen LogP contribution in [0.2, 0.25) is 5.02 Å². The normalized spacial score (nSPS) is 11.2. The van der Waals surface area contributed by atoms with Gasteiger partial charge in [-0.05, 0) is 49.6 Å². The molecule has 0 aliphatic heterocycles. The van der Waals surface area contributed by atoms with Crippen LogP contribution in [0.3, 0.4) is 0 Å². The minimum absolute atomic E-state index is 0.550. The maximum atomic E-state index is 6.56. The number of benzene rings is 1. The summed E-state index contributed by atoms with van der Waals surface area (Å²) in [7, 11) is 0. The van der Waals surface area contributed by atoms with E-state index in [4.69, 9.17) is 16.6 Å². The summed E-state index contributed by atoms with van der Waals surface area (Å²) < 4.78 is 2.26. The fraction of sp³-hybridized carbons (Fsp3) is 0.261. The fourth-order valence-corrected chi connectivity index (χ4v) is 3.74. The van der Waals surface area contributed by atoms with E-state index in [1.807, 2.05) is 30.5 Å². The zero-order valence-electron chi connectivity index (χ0n) is 16.9. The van der Waals surface area contributed by atoms with Crippen LogP contribution in [-0.2, 0) is 13.0 Å². The average molecular weight is 406 g/mol. The smallest absolute Gasteiger partial charge is 0.149 e. The number of aromatic nitrogens is 4. The van der Waals surface area contributed by atoms with Gasteiger partial charge in [-0.3, -0.25) is 4.98 Å². The van der Waals surface area contributed by atoms with E-state index in [-0.39, 0.29) is 0 Å². The van der Waals surface area contributed by atoms with Crippen LogP contribution in [0.4, 0.5) is 11.5 Å². The van der Waals surface area contributed by atoms with Crippen LogP contribution in [0.25, 0.3) is 22.4 Å². The van der Waals surface area contributed by atoms with E-state index >= 15 is 0 Å². The highest BCUT2D eigenvalue weighted by Crippen LogP contribution is 2.31. The van der Waals surface area contributed by atoms with Gasteiger partial charge in [0, 0.05) is 24.0 Å². The molecule has 0 atom stereocenters. The molecular weight excluding hydrogens is 382 g/mol. The van der Waals surface area contributed by atoms with Crippen LogP contribution >= 0.6 is 11.6 Å². The van der Waals surface area contributed by atoms with E-state index in [1.54, 1.807) is 6.20 Å². The fourth-order valence-electron chi connectivity index (χ4n) is 3.52. The van der Waals surface area contributed by atoms with Crippen molar-refractivity contribution in [3.8, 4) is 11.4 Å². The molecule has 0 saturated heterocycles. The molecule has 6 heteroatoms. The van der Waals surface area contributed by atoms with Crippen molar-refractivity contribution in [2.75, 3.05) is 5.32 Å². The molecule has 4 aromatic rings. The molecule has 3 heterocycles. The van der Waals surface area contributed by atoms with Gasteiger partial charge in [0.05, 0.1) is 27.9 Å². The Morgan fingerprint density at radius 1 is 1.07 bits per heavy atom. The van der Waals surface area contributed by atoms with E-state index < -0.39 is 0 Å². The Morgan fingerprint density at radius 3 is 2.62 bits per heavy atom. The molecule has 0 fully saturated rings. The Kier molecular flexibility index (Phi) is 5.49. The first-order valence-corrected chi connectivity index (χ1v) is 10.3. The van der Waals surface area contributed by atoms with Crippen molar-refractivity contribution >= 4 is 34.1 Å². The molecule has 3 aromatic heterocycles. The predicted molar refractivity (Wildman–Crippen MR) is 120 cm³/mol. The molecule has 0 radical (unpaired) electrons. The third-order valence-corrected chi connectivity index (χ3v) is 5.25. The van der Waals surface area contributed by atoms with Gasteiger partial charge in [0.2, 0.25) is 0 Å². The number of hydrogen-bond donors (Lipinski definition) is 1. The summed E-state index contributed by atoms with van der Waals surface area (Å²) in [5, 5.41) is 3.79. The quantitative estimate of drug-likeness (QED) is 0.416. The molecule has 0 unspecified atom stereocenters. The standard InChI is InChI=1S/C23H24ClN5/c1-4-11-29-21-15(3)7-6-8-20(21)28-23(29)16-12-19(24)22(26-13-16)27-18-10-9-17(5-2)25-14-18/h6-10,12-14H,4-5,11H2,1-3H3,(H,26,27). The number of aryl methyl sites for hydroxylation is 3. The van der Waals surface area contributed by atoms with E-state index in [2.05, 4.69) is 52.8 Å². The van der Waals surface area contributed by atoms with E-state index in [0.29, 0.717) is 10.8 Å². The lowest BCUT2D eigenvalue weighted by molar-refractivity contribution is 0.703. The van der Waals surface area contributed by atoms with Gasteiger partial charge in [-0.1, -0.05) is 37.6 Å². The van der Waals surface area contributed by atoms with Crippen molar-refractivity contribution in [1.29, 1.82) is 0 Å². The Balaban J connectivity index is 1.70. The molecule has 148 valence electrons. The molecule has 29 heavy (non-hydrogen) atoms. The molecule has 0 aliphatic rings. The van der Waals surface area contributed by atoms with Gasteiger partial charge in [0.1, 0.15) is 11.6 Å². The van der Waals surface area contributed by atoms with Crippen LogP contribution < -0.4 is 5.32 Å². The van der Waals surface area contributed by atoms with E-state index in [0.717, 1.165) is 47.7 Å². The van der Waals surface area contributed by atoms with Crippen LogP contribution in [0.5, 0.6) is 0 Å². The van der Waals surface area contributed by atoms with Crippen molar-refractivity contribution in [2.24, 2.45) is 0 Å². The Labute approximate surface area is 175 Å². The largest absolute Gasteiger partial charge is 0.338 e. The second-order valence-corrected chi connectivity index (χ2v) is 7.51. The summed E-state index contributed by atoms with van der Waals surface area (Å²) in [6, 6.07) is 12.1. The second kappa shape index (κ2) is 8.21. The summed E-state index contributed by atoms with van der Waals surface area (Å²) in [5.41, 5.74) is 6.20. The van der Waals surface area contributed by atoms with Crippen LogP contribution in [0.1, 0.15) is 31.5 Å². The zero-order valence-corrected chi connectivity index (χ0v) is 17.7. The summed E-state index contributed by atoms with van der Waals surface area (Å²) in [5.74, 6) is 1.50. The number of rotatable bonds is 6. The number of para-hydroxylation sites is 1. The van der Waals surface area contributed by atoms with Gasteiger partial charge in [0.15, 0.2) is 0 Å². The molecule has 0 bridgehead atoms. The van der Waals surface area contributed by atoms with Crippen molar-refractivity contribution in [2.45, 2.75) is 40.2 Å². The number of halogens is 1. The number of fused-ring (bicyclic) bond motifs is 1. The monoisotopic (exact) mass is 405 g/mol. The lowest BCUT2D eigenvalue weighted by atomic mass is 10.2. The predicted octanol–water partition coefficient (Wildman–Crippen LogP) is 6.17. The zero-order chi connectivity index (χ0) is 20.4. The third kappa shape index (κ3) is 3.83. The second-order valence-electron chi connectivity index (χ2n) is 7.10. The topological polar surface area (TPSA) is 55.6 Å². The lowest BCUT2D eigenvalue weighted by Gasteiger charge is -2.11. The van der Waals surface area contributed by atoms with E-state index in [1.165, 1.54) is 11.1 Å². The van der Waals surface area contributed by atoms with Gasteiger partial charge >= 0.3 is 0 Å². The number of nitrogens with zero attached hydrogens (tertiary/aromatic N) is 4. The Morgan fingerprint density at radius 2 is 1.93 bits per heavy atom. The van der Waals surface area contributed by atoms with Gasteiger partial charge in [0.25, 0.3) is 0 Å². The molecule has 4 rings (SSSR count). The SMILES string of the molecule is CCCn1c(-c2cnc(Nc3ccc(CC)nc3)c(Cl)c2)nc2cccc(C)c21. The molecule has 5 nitrogen and oxygen atoms in total. The minimum atomic E-state index is 0.550. The molecular formula is C23H24ClN5. The number of nitrogens with one attached hydrogen (secondary N) is 1. The first-order valence-electron chi connectivity index (χ1n) is 9.94. The highest BCUT2D eigenvalue weighted by atomic mass is 35.5. The molecule has 1 aromatic carbocycles. The van der Waals surface area contributed by atoms with Gasteiger partial charge in [-0.15, -0.1) is 0 Å². The summed E-state index contributed by atoms with van der Waals surface area (Å²) in [4.78, 5) is 13.8. The first kappa shape index (κ1) is 19.4. The molecule has 0 saturated carbocycles. The first-order chi connectivity index (χ1) is 14.1. The maximum Gasteiger partial charge on any atom is 0.149 e. The van der Waals surface area contributed by atoms with Crippen LogP contribution in [-0.4, -0.2) is 19.5 Å². The van der Waals surface area contributed by atoms with Crippen molar-refractivity contribution in [1.82, 2.24) is 19.5 Å². The van der Waals surface area contributed by atoms with Gasteiger partial charge < -0.3 is 9.88 Å². The van der Waals surface area contributed by atoms with Crippen LogP contribution in [0, 0.1) is 6.92 Å². The Hall–Kier alpha value is -2.92. The summed E-state index contributed by atoms with van der Waals surface area (Å²) >= 11 is 6.56. The third-order valence-electron chi connectivity index (χ3n) is 4.96. The molecule has 0 amide bonds. The summed E-state index contributed by atoms with van der Waals surface area (Å²) in [6.07, 6.45) is 5.56. The molecule has 1 N–H and O–H groups in total. The minimum Gasteiger partial charge on any atom is -0.338 e. The Bertz CT molecular complexity index is 1150. The van der Waals surface area contributed by atoms with Gasteiger partial charge in [-0.25, -0.2) is 9.97 Å². The van der Waals surface area contributed by atoms with Crippen molar-refractivity contribution < 1.29 is 0 Å². The van der Waals surface area contributed by atoms with Gasteiger partial charge in [-0.2, -0.15) is 0 Å². The number of hydrogen-bond acceptors (Lipinski definition) is 4. The number of anilines is 2. The number of pyridine rings is 2. The van der Waals surface area contributed by atoms with Crippen molar-refractivity contribution in [3.63, 3.8) is 0 Å². The molecule has 0 spiro atoms. The average Bonchev–Trinajstić information content (AvgIpc) is 3.10. The number of imidazole rings is 1. The molecule has 0 aliphatic carbocycles. The summed E-state index contributed by atoms with van der Waals surface area (Å²) in [6.45, 7) is 7.27.